The predicted octanol–water partition coefficient (Wildman–Crippen LogP) is 2.83. The van der Waals surface area contributed by atoms with Gasteiger partial charge in [-0.3, -0.25) is 4.79 Å². The van der Waals surface area contributed by atoms with Crippen molar-refractivity contribution in [1.82, 2.24) is 4.90 Å². The average molecular weight is 310 g/mol. The second-order valence-electron chi connectivity index (χ2n) is 5.99. The van der Waals surface area contributed by atoms with E-state index in [9.17, 15) is 4.79 Å². The van der Waals surface area contributed by atoms with Crippen LogP contribution in [0.15, 0.2) is 0 Å². The predicted molar refractivity (Wildman–Crippen MR) is 85.0 cm³/mol. The molecule has 0 aromatic carbocycles. The summed E-state index contributed by atoms with van der Waals surface area (Å²) in [5.74, 6) is 1.44. The third-order valence-electron chi connectivity index (χ3n) is 4.43. The fourth-order valence-electron chi connectivity index (χ4n) is 3.14. The van der Waals surface area contributed by atoms with Gasteiger partial charge in [0.15, 0.2) is 0 Å². The van der Waals surface area contributed by atoms with Crippen molar-refractivity contribution in [2.24, 2.45) is 5.92 Å². The van der Waals surface area contributed by atoms with Crippen LogP contribution in [0, 0.1) is 17.2 Å². The van der Waals surface area contributed by atoms with Crippen LogP contribution in [-0.4, -0.2) is 47.6 Å². The number of carbonyl (C=O) groups is 1. The zero-order valence-electron chi connectivity index (χ0n) is 12.9. The Morgan fingerprint density at radius 2 is 2.24 bits per heavy atom. The molecule has 1 saturated carbocycles. The summed E-state index contributed by atoms with van der Waals surface area (Å²) in [6.45, 7) is 3.82. The Morgan fingerprint density at radius 3 is 2.90 bits per heavy atom. The van der Waals surface area contributed by atoms with Crippen LogP contribution in [0.1, 0.15) is 45.4 Å². The topological polar surface area (TPSA) is 53.3 Å². The summed E-state index contributed by atoms with van der Waals surface area (Å²) in [5.41, 5.74) is 0. The Balaban J connectivity index is 1.72. The van der Waals surface area contributed by atoms with Gasteiger partial charge in [0.1, 0.15) is 6.61 Å². The highest BCUT2D eigenvalue weighted by Crippen LogP contribution is 2.27. The Morgan fingerprint density at radius 1 is 1.38 bits per heavy atom. The summed E-state index contributed by atoms with van der Waals surface area (Å²) >= 11 is 1.98. The number of nitriles is 1. The van der Waals surface area contributed by atoms with Crippen molar-refractivity contribution in [1.29, 1.82) is 5.26 Å². The SMILES string of the molecule is CCN(CC1CCCS1)C(=O)COC1CCCC(C#N)C1. The Kier molecular flexibility index (Phi) is 6.85. The van der Waals surface area contributed by atoms with E-state index in [4.69, 9.17) is 10.00 Å². The number of likely N-dealkylation sites (N-methyl/N-ethyl adjacent to an activating group) is 1. The molecule has 0 aromatic heterocycles. The molecule has 2 rings (SSSR count). The molecule has 1 heterocycles. The van der Waals surface area contributed by atoms with E-state index >= 15 is 0 Å². The second-order valence-corrected chi connectivity index (χ2v) is 7.40. The van der Waals surface area contributed by atoms with E-state index in [2.05, 4.69) is 6.07 Å². The lowest BCUT2D eigenvalue weighted by Crippen LogP contribution is -2.39. The van der Waals surface area contributed by atoms with Crippen LogP contribution in [-0.2, 0) is 9.53 Å². The van der Waals surface area contributed by atoms with Crippen molar-refractivity contribution in [2.45, 2.75) is 56.8 Å². The second kappa shape index (κ2) is 8.65. The van der Waals surface area contributed by atoms with E-state index in [1.807, 2.05) is 23.6 Å². The summed E-state index contributed by atoms with van der Waals surface area (Å²) in [7, 11) is 0. The number of rotatable bonds is 6. The molecule has 21 heavy (non-hydrogen) atoms. The van der Waals surface area contributed by atoms with Crippen LogP contribution in [0.3, 0.4) is 0 Å². The molecular formula is C16H26N2O2S. The molecule has 0 N–H and O–H groups in total. The molecule has 4 nitrogen and oxygen atoms in total. The van der Waals surface area contributed by atoms with Crippen LogP contribution in [0.4, 0.5) is 0 Å². The number of amides is 1. The standard InChI is InChI=1S/C16H26N2O2S/c1-2-18(11-15-7-4-8-21-15)16(19)12-20-14-6-3-5-13(9-14)10-17/h13-15H,2-9,11-12H2,1H3. The molecule has 118 valence electrons. The fraction of sp³-hybridized carbons (Fsp3) is 0.875. The molecular weight excluding hydrogens is 284 g/mol. The highest BCUT2D eigenvalue weighted by molar-refractivity contribution is 8.00. The van der Waals surface area contributed by atoms with Crippen molar-refractivity contribution in [2.75, 3.05) is 25.4 Å². The van der Waals surface area contributed by atoms with E-state index in [0.717, 1.165) is 38.8 Å². The monoisotopic (exact) mass is 310 g/mol. The van der Waals surface area contributed by atoms with E-state index in [0.29, 0.717) is 5.25 Å². The van der Waals surface area contributed by atoms with E-state index in [-0.39, 0.29) is 24.5 Å². The van der Waals surface area contributed by atoms with Gasteiger partial charge in [0.2, 0.25) is 5.91 Å². The van der Waals surface area contributed by atoms with Gasteiger partial charge in [-0.05, 0) is 51.2 Å². The van der Waals surface area contributed by atoms with Crippen LogP contribution in [0.2, 0.25) is 0 Å². The number of hydrogen-bond donors (Lipinski definition) is 0. The molecule has 5 heteroatoms. The lowest BCUT2D eigenvalue weighted by atomic mass is 9.88. The quantitative estimate of drug-likeness (QED) is 0.757. The first-order chi connectivity index (χ1) is 10.2. The number of thioether (sulfide) groups is 1. The Labute approximate surface area is 132 Å². The van der Waals surface area contributed by atoms with Crippen molar-refractivity contribution < 1.29 is 9.53 Å². The van der Waals surface area contributed by atoms with Gasteiger partial charge in [0.25, 0.3) is 0 Å². The van der Waals surface area contributed by atoms with Gasteiger partial charge in [0.05, 0.1) is 12.2 Å². The average Bonchev–Trinajstić information content (AvgIpc) is 3.03. The van der Waals surface area contributed by atoms with Crippen LogP contribution in [0.5, 0.6) is 0 Å². The zero-order valence-corrected chi connectivity index (χ0v) is 13.7. The molecule has 0 spiro atoms. The summed E-state index contributed by atoms with van der Waals surface area (Å²) in [4.78, 5) is 14.2. The number of ether oxygens (including phenoxy) is 1. The molecule has 1 aliphatic carbocycles. The first-order valence-corrected chi connectivity index (χ1v) is 9.18. The largest absolute Gasteiger partial charge is 0.368 e. The van der Waals surface area contributed by atoms with Gasteiger partial charge >= 0.3 is 0 Å². The van der Waals surface area contributed by atoms with Crippen LogP contribution < -0.4 is 0 Å². The molecule has 0 radical (unpaired) electrons. The minimum absolute atomic E-state index is 0.0897. The zero-order chi connectivity index (χ0) is 15.1. The molecule has 0 bridgehead atoms. The maximum atomic E-state index is 12.3. The minimum Gasteiger partial charge on any atom is -0.368 e. The maximum absolute atomic E-state index is 12.3. The molecule has 3 unspecified atom stereocenters. The van der Waals surface area contributed by atoms with Gasteiger partial charge in [-0.2, -0.15) is 17.0 Å². The van der Waals surface area contributed by atoms with Gasteiger partial charge < -0.3 is 9.64 Å². The fourth-order valence-corrected chi connectivity index (χ4v) is 4.42. The summed E-state index contributed by atoms with van der Waals surface area (Å²) in [5, 5.41) is 9.59. The normalized spacial score (nSPS) is 29.0. The third kappa shape index (κ3) is 5.19. The lowest BCUT2D eigenvalue weighted by Gasteiger charge is -2.28. The van der Waals surface area contributed by atoms with Crippen LogP contribution in [0.25, 0.3) is 0 Å². The van der Waals surface area contributed by atoms with Crippen molar-refractivity contribution in [3.8, 4) is 6.07 Å². The molecule has 0 aromatic rings. The minimum atomic E-state index is 0.0897. The highest BCUT2D eigenvalue weighted by atomic mass is 32.2. The van der Waals surface area contributed by atoms with E-state index < -0.39 is 0 Å². The van der Waals surface area contributed by atoms with E-state index in [1.165, 1.54) is 18.6 Å². The molecule has 2 aliphatic rings. The first-order valence-electron chi connectivity index (χ1n) is 8.13. The number of nitrogens with zero attached hydrogens (tertiary/aromatic N) is 2. The third-order valence-corrected chi connectivity index (χ3v) is 5.81. The summed E-state index contributed by atoms with van der Waals surface area (Å²) < 4.78 is 5.77. The Hall–Kier alpha value is -0.730. The molecule has 1 saturated heterocycles. The molecule has 1 aliphatic heterocycles. The summed E-state index contributed by atoms with van der Waals surface area (Å²) in [6.07, 6.45) is 6.37. The Bertz CT molecular complexity index is 377. The molecule has 1 amide bonds. The van der Waals surface area contributed by atoms with Gasteiger partial charge in [-0.25, -0.2) is 0 Å². The number of hydrogen-bond acceptors (Lipinski definition) is 4. The lowest BCUT2D eigenvalue weighted by molar-refractivity contribution is -0.138. The van der Waals surface area contributed by atoms with Crippen LogP contribution >= 0.6 is 11.8 Å². The van der Waals surface area contributed by atoms with Crippen molar-refractivity contribution in [3.05, 3.63) is 0 Å². The summed E-state index contributed by atoms with van der Waals surface area (Å²) in [6, 6.07) is 2.33. The van der Waals surface area contributed by atoms with Gasteiger partial charge in [-0.1, -0.05) is 0 Å². The smallest absolute Gasteiger partial charge is 0.248 e. The highest BCUT2D eigenvalue weighted by Gasteiger charge is 2.25. The van der Waals surface area contributed by atoms with Crippen molar-refractivity contribution >= 4 is 17.7 Å². The van der Waals surface area contributed by atoms with E-state index in [1.54, 1.807) is 0 Å². The first kappa shape index (κ1) is 16.6. The van der Waals surface area contributed by atoms with Crippen molar-refractivity contribution in [3.63, 3.8) is 0 Å². The number of carbonyl (C=O) groups excluding carboxylic acids is 1. The maximum Gasteiger partial charge on any atom is 0.248 e. The van der Waals surface area contributed by atoms with Gasteiger partial charge in [0, 0.05) is 24.3 Å². The molecule has 3 atom stereocenters. The van der Waals surface area contributed by atoms with Gasteiger partial charge in [-0.15, -0.1) is 0 Å². The molecule has 2 fully saturated rings.